The Labute approximate surface area is 87.4 Å². The fraction of sp³-hybridized carbons (Fsp3) is 0.778. The van der Waals surface area contributed by atoms with E-state index in [9.17, 15) is 14.7 Å². The van der Waals surface area contributed by atoms with Crippen molar-refractivity contribution >= 4 is 11.9 Å². The number of carboxylic acid groups (broad SMARTS) is 1. The molecule has 0 aromatic heterocycles. The number of aliphatic hydroxyl groups excluding tert-OH is 1. The molecule has 1 aliphatic heterocycles. The third kappa shape index (κ3) is 2.90. The number of amides is 1. The minimum absolute atomic E-state index is 0.0967. The number of nitrogens with zero attached hydrogens (tertiary/aromatic N) is 1. The van der Waals surface area contributed by atoms with Crippen molar-refractivity contribution in [2.45, 2.75) is 25.0 Å². The summed E-state index contributed by atoms with van der Waals surface area (Å²) >= 11 is 0. The van der Waals surface area contributed by atoms with E-state index < -0.39 is 18.1 Å². The Balaban J connectivity index is 2.58. The van der Waals surface area contributed by atoms with Crippen molar-refractivity contribution in [3.8, 4) is 0 Å². The largest absolute Gasteiger partial charge is 0.480 e. The maximum atomic E-state index is 11.5. The molecule has 1 rings (SSSR count). The quantitative estimate of drug-likeness (QED) is 0.635. The van der Waals surface area contributed by atoms with Crippen molar-refractivity contribution in [3.63, 3.8) is 0 Å². The summed E-state index contributed by atoms with van der Waals surface area (Å²) in [5.74, 6) is -1.36. The van der Waals surface area contributed by atoms with Crippen LogP contribution < -0.4 is 0 Å². The number of rotatable bonds is 4. The molecule has 1 unspecified atom stereocenters. The molecule has 15 heavy (non-hydrogen) atoms. The minimum atomic E-state index is -1.07. The van der Waals surface area contributed by atoms with Crippen LogP contribution in [0.1, 0.15) is 12.8 Å². The SMILES string of the molecule is COCCC(=O)N1CC(O)C[C@H]1C(=O)O. The van der Waals surface area contributed by atoms with Gasteiger partial charge in [-0.25, -0.2) is 4.79 Å². The van der Waals surface area contributed by atoms with E-state index in [1.807, 2.05) is 0 Å². The van der Waals surface area contributed by atoms with Gasteiger partial charge in [-0.15, -0.1) is 0 Å². The highest BCUT2D eigenvalue weighted by molar-refractivity contribution is 5.84. The van der Waals surface area contributed by atoms with Crippen LogP contribution in [0.5, 0.6) is 0 Å². The second-order valence-corrected chi connectivity index (χ2v) is 3.53. The molecule has 1 aliphatic rings. The lowest BCUT2D eigenvalue weighted by Crippen LogP contribution is -2.40. The van der Waals surface area contributed by atoms with Crippen LogP contribution in [0.3, 0.4) is 0 Å². The number of carboxylic acids is 1. The molecule has 2 N–H and O–H groups in total. The molecule has 1 saturated heterocycles. The highest BCUT2D eigenvalue weighted by Crippen LogP contribution is 2.18. The van der Waals surface area contributed by atoms with Crippen LogP contribution in [0.15, 0.2) is 0 Å². The monoisotopic (exact) mass is 217 g/mol. The van der Waals surface area contributed by atoms with Crippen LogP contribution >= 0.6 is 0 Å². The molecular formula is C9H15NO5. The molecule has 1 heterocycles. The van der Waals surface area contributed by atoms with Crippen LogP contribution in [0.2, 0.25) is 0 Å². The van der Waals surface area contributed by atoms with E-state index in [0.29, 0.717) is 0 Å². The summed E-state index contributed by atoms with van der Waals surface area (Å²) in [5, 5.41) is 18.1. The van der Waals surface area contributed by atoms with Crippen LogP contribution in [0, 0.1) is 0 Å². The Morgan fingerprint density at radius 1 is 1.53 bits per heavy atom. The van der Waals surface area contributed by atoms with Crippen LogP contribution in [0.25, 0.3) is 0 Å². The van der Waals surface area contributed by atoms with Gasteiger partial charge in [-0.3, -0.25) is 4.79 Å². The zero-order chi connectivity index (χ0) is 11.4. The first kappa shape index (κ1) is 11.9. The van der Waals surface area contributed by atoms with E-state index in [1.165, 1.54) is 12.0 Å². The molecule has 0 aromatic rings. The van der Waals surface area contributed by atoms with Gasteiger partial charge in [0, 0.05) is 20.1 Å². The van der Waals surface area contributed by atoms with Gasteiger partial charge in [0.15, 0.2) is 0 Å². The number of hydrogen-bond donors (Lipinski definition) is 2. The predicted octanol–water partition coefficient (Wildman–Crippen LogP) is -0.931. The van der Waals surface area contributed by atoms with Crippen molar-refractivity contribution in [1.82, 2.24) is 4.90 Å². The molecule has 1 amide bonds. The van der Waals surface area contributed by atoms with Crippen LogP contribution in [-0.2, 0) is 14.3 Å². The van der Waals surface area contributed by atoms with Crippen molar-refractivity contribution < 1.29 is 24.5 Å². The van der Waals surface area contributed by atoms with E-state index >= 15 is 0 Å². The molecule has 0 aromatic carbocycles. The summed E-state index contributed by atoms with van der Waals surface area (Å²) in [6, 6.07) is -0.899. The molecule has 86 valence electrons. The molecule has 2 atom stereocenters. The van der Waals surface area contributed by atoms with Crippen LogP contribution in [-0.4, -0.2) is 59.4 Å². The molecule has 0 aliphatic carbocycles. The Bertz CT molecular complexity index is 255. The van der Waals surface area contributed by atoms with Gasteiger partial charge >= 0.3 is 5.97 Å². The number of likely N-dealkylation sites (tertiary alicyclic amines) is 1. The van der Waals surface area contributed by atoms with E-state index in [2.05, 4.69) is 0 Å². The standard InChI is InChI=1S/C9H15NO5/c1-15-3-2-8(12)10-5-6(11)4-7(10)9(13)14/h6-7,11H,2-5H2,1H3,(H,13,14)/t6?,7-/m0/s1. The zero-order valence-corrected chi connectivity index (χ0v) is 8.55. The van der Waals surface area contributed by atoms with Gasteiger partial charge < -0.3 is 19.8 Å². The summed E-state index contributed by atoms with van der Waals surface area (Å²) in [6.07, 6.45) is -0.487. The number of ether oxygens (including phenoxy) is 1. The predicted molar refractivity (Wildman–Crippen MR) is 50.3 cm³/mol. The maximum Gasteiger partial charge on any atom is 0.326 e. The Hall–Kier alpha value is -1.14. The first-order valence-corrected chi connectivity index (χ1v) is 4.75. The summed E-state index contributed by atoms with van der Waals surface area (Å²) in [6.45, 7) is 0.358. The minimum Gasteiger partial charge on any atom is -0.480 e. The molecular weight excluding hydrogens is 202 g/mol. The molecule has 0 radical (unpaired) electrons. The summed E-state index contributed by atoms with van der Waals surface area (Å²) < 4.78 is 4.74. The fourth-order valence-corrected chi connectivity index (χ4v) is 1.66. The molecule has 6 heteroatoms. The average molecular weight is 217 g/mol. The Kier molecular flexibility index (Phi) is 4.05. The average Bonchev–Trinajstić information content (AvgIpc) is 2.57. The van der Waals surface area contributed by atoms with Crippen molar-refractivity contribution in [1.29, 1.82) is 0 Å². The summed E-state index contributed by atoms with van der Waals surface area (Å²) in [7, 11) is 1.47. The molecule has 0 saturated carbocycles. The molecule has 0 spiro atoms. The number of carbonyl (C=O) groups excluding carboxylic acids is 1. The normalized spacial score (nSPS) is 25.6. The van der Waals surface area contributed by atoms with Crippen molar-refractivity contribution in [3.05, 3.63) is 0 Å². The van der Waals surface area contributed by atoms with Gasteiger partial charge in [0.1, 0.15) is 6.04 Å². The number of methoxy groups -OCH3 is 1. The van der Waals surface area contributed by atoms with Gasteiger partial charge in [-0.05, 0) is 0 Å². The number of aliphatic carboxylic acids is 1. The third-order valence-electron chi connectivity index (χ3n) is 2.40. The van der Waals surface area contributed by atoms with E-state index in [0.717, 1.165) is 0 Å². The molecule has 0 bridgehead atoms. The summed E-state index contributed by atoms with van der Waals surface area (Å²) in [4.78, 5) is 23.5. The topological polar surface area (TPSA) is 87.1 Å². The smallest absolute Gasteiger partial charge is 0.326 e. The summed E-state index contributed by atoms with van der Waals surface area (Å²) in [5.41, 5.74) is 0. The van der Waals surface area contributed by atoms with Gasteiger partial charge in [-0.2, -0.15) is 0 Å². The highest BCUT2D eigenvalue weighted by Gasteiger charge is 2.38. The zero-order valence-electron chi connectivity index (χ0n) is 8.55. The first-order valence-electron chi connectivity index (χ1n) is 4.75. The van der Waals surface area contributed by atoms with E-state index in [4.69, 9.17) is 9.84 Å². The Morgan fingerprint density at radius 3 is 2.73 bits per heavy atom. The van der Waals surface area contributed by atoms with Crippen molar-refractivity contribution in [2.75, 3.05) is 20.3 Å². The van der Waals surface area contributed by atoms with E-state index in [-0.39, 0.29) is 31.9 Å². The lowest BCUT2D eigenvalue weighted by molar-refractivity contribution is -0.148. The maximum absolute atomic E-state index is 11.5. The van der Waals surface area contributed by atoms with Crippen LogP contribution in [0.4, 0.5) is 0 Å². The number of aliphatic hydroxyl groups is 1. The fourth-order valence-electron chi connectivity index (χ4n) is 1.66. The van der Waals surface area contributed by atoms with Gasteiger partial charge in [0.2, 0.25) is 5.91 Å². The number of hydrogen-bond acceptors (Lipinski definition) is 4. The highest BCUT2D eigenvalue weighted by atomic mass is 16.5. The van der Waals surface area contributed by atoms with Crippen molar-refractivity contribution in [2.24, 2.45) is 0 Å². The second-order valence-electron chi connectivity index (χ2n) is 3.53. The molecule has 1 fully saturated rings. The lowest BCUT2D eigenvalue weighted by atomic mass is 10.2. The second kappa shape index (κ2) is 5.09. The van der Waals surface area contributed by atoms with Gasteiger partial charge in [0.05, 0.1) is 19.1 Å². The van der Waals surface area contributed by atoms with Gasteiger partial charge in [-0.1, -0.05) is 0 Å². The number of carbonyl (C=O) groups is 2. The molecule has 6 nitrogen and oxygen atoms in total. The Morgan fingerprint density at radius 2 is 2.20 bits per heavy atom. The van der Waals surface area contributed by atoms with Gasteiger partial charge in [0.25, 0.3) is 0 Å². The third-order valence-corrected chi connectivity index (χ3v) is 2.40. The number of β-amino-alcohol motifs (C(OH)–C–C–N with tert-alkyl or cyclic N) is 1. The first-order chi connectivity index (χ1) is 7.06. The lowest BCUT2D eigenvalue weighted by Gasteiger charge is -2.20. The van der Waals surface area contributed by atoms with E-state index in [1.54, 1.807) is 0 Å².